The average Bonchev–Trinajstić information content (AvgIpc) is 4.10. The Hall–Kier alpha value is -3.63. The van der Waals surface area contributed by atoms with Gasteiger partial charge in [-0.3, -0.25) is 0 Å². The Morgan fingerprint density at radius 1 is 0.675 bits per heavy atom. The standard InChI is InChI=1S/C64H77N3O10.3Na/c1-36(2)8-6-9-37(3)53-14-15-54-52-13-12-49-33-51(16-18-63(49,4)55(52)17-19-64(53,54)5)67-34-50(65-66-67)35-77-62-41-10-7-11-42(62)30-44-21-39(27-57(70)71)23-46(60(44)75)32-48-25-40(28-58(72)73)24-47(61(48)76)31-45-22-38(26-56(68)69)20-43(29-41)59(45)74;;;/h7,10-12,20-25,34,36-37,51-55,74-76H,6,8-9,13-19,26-33,35H2,1-5H3,(H,68,69)(H,70,71)(H,72,73);;;/q;3*+1/p-3/t37-,51-,52+,53-,54+,55+,63+,64-;;;/m1.../s1. The number of aliphatic carboxylic acids is 3. The summed E-state index contributed by atoms with van der Waals surface area (Å²) in [6.07, 6.45) is 16.7. The Morgan fingerprint density at radius 2 is 1.18 bits per heavy atom. The number of benzene rings is 4. The first kappa shape index (κ1) is 63.9. The number of rotatable bonds is 15. The van der Waals surface area contributed by atoms with Crippen molar-refractivity contribution in [2.45, 2.75) is 163 Å². The molecule has 3 fully saturated rings. The fraction of sp³-hybridized carbons (Fsp3) is 0.516. The maximum atomic E-state index is 12.0. The van der Waals surface area contributed by atoms with Crippen LogP contribution in [-0.2, 0) is 65.9 Å². The zero-order valence-corrected chi connectivity index (χ0v) is 54.4. The largest absolute Gasteiger partial charge is 1.00 e. The number of nitrogens with zero attached hydrogens (tertiary/aromatic N) is 3. The number of fused-ring (bicyclic) bond motifs is 13. The molecule has 4 aromatic carbocycles. The number of carboxylic acid groups (broad SMARTS) is 3. The van der Waals surface area contributed by atoms with E-state index in [4.69, 9.17) is 9.95 Å². The van der Waals surface area contributed by atoms with E-state index in [0.29, 0.717) is 56.2 Å². The summed E-state index contributed by atoms with van der Waals surface area (Å²) in [5.74, 6) is 0.524. The second-order valence-electron chi connectivity index (χ2n) is 24.7. The van der Waals surface area contributed by atoms with E-state index in [-0.39, 0.29) is 177 Å². The minimum Gasteiger partial charge on any atom is -0.550 e. The van der Waals surface area contributed by atoms with Gasteiger partial charge in [0.15, 0.2) is 0 Å². The number of allylic oxidation sites excluding steroid dienone is 2. The van der Waals surface area contributed by atoms with Crippen molar-refractivity contribution in [3.8, 4) is 23.0 Å². The number of phenols is 3. The van der Waals surface area contributed by atoms with Gasteiger partial charge in [0.05, 0.1) is 12.2 Å². The molecular weight excluding hydrogens is 1040 g/mol. The first-order valence-electron chi connectivity index (χ1n) is 28.2. The predicted molar refractivity (Wildman–Crippen MR) is 285 cm³/mol. The molecule has 5 aliphatic carbocycles. The molecule has 1 aromatic heterocycles. The summed E-state index contributed by atoms with van der Waals surface area (Å²) in [7, 11) is 0. The summed E-state index contributed by atoms with van der Waals surface area (Å²) in [6.45, 7) is 12.5. The zero-order chi connectivity index (χ0) is 54.5. The molecule has 16 heteroatoms. The molecule has 0 aliphatic heterocycles. The van der Waals surface area contributed by atoms with Crippen molar-refractivity contribution in [2.24, 2.45) is 46.3 Å². The fourth-order valence-corrected chi connectivity index (χ4v) is 15.6. The summed E-state index contributed by atoms with van der Waals surface area (Å²) >= 11 is 0. The molecule has 0 spiro atoms. The summed E-state index contributed by atoms with van der Waals surface area (Å²) in [5.41, 5.74) is 6.81. The van der Waals surface area contributed by atoms with Crippen LogP contribution in [0.2, 0.25) is 0 Å². The molecule has 1 heterocycles. The molecule has 0 unspecified atom stereocenters. The molecule has 3 N–H and O–H groups in total. The van der Waals surface area contributed by atoms with Crippen molar-refractivity contribution in [3.05, 3.63) is 139 Å². The van der Waals surface area contributed by atoms with Gasteiger partial charge in [-0.2, -0.15) is 0 Å². The number of aromatic hydroxyl groups is 3. The van der Waals surface area contributed by atoms with Gasteiger partial charge in [0.25, 0.3) is 0 Å². The van der Waals surface area contributed by atoms with Crippen LogP contribution in [0.1, 0.15) is 178 Å². The molecule has 13 nitrogen and oxygen atoms in total. The van der Waals surface area contributed by atoms with Crippen LogP contribution in [-0.4, -0.2) is 48.2 Å². The van der Waals surface area contributed by atoms with E-state index >= 15 is 0 Å². The van der Waals surface area contributed by atoms with Crippen LogP contribution in [0.15, 0.2) is 72.4 Å². The Kier molecular flexibility index (Phi) is 21.2. The summed E-state index contributed by atoms with van der Waals surface area (Å²) in [6, 6.07) is 14.9. The van der Waals surface area contributed by atoms with Gasteiger partial charge >= 0.3 is 88.7 Å². The number of aromatic nitrogens is 3. The van der Waals surface area contributed by atoms with Gasteiger partial charge in [-0.1, -0.05) is 125 Å². The molecule has 3 saturated carbocycles. The molecule has 80 heavy (non-hydrogen) atoms. The molecule has 0 radical (unpaired) electrons. The van der Waals surface area contributed by atoms with Crippen LogP contribution >= 0.6 is 0 Å². The number of carboxylic acids is 3. The Labute approximate surface area is 537 Å². The smallest absolute Gasteiger partial charge is 0.550 e. The molecule has 10 rings (SSSR count). The van der Waals surface area contributed by atoms with Crippen molar-refractivity contribution in [1.82, 2.24) is 15.0 Å². The van der Waals surface area contributed by atoms with Gasteiger partial charge in [-0.25, -0.2) is 4.68 Å². The van der Waals surface area contributed by atoms with Crippen LogP contribution in [0.3, 0.4) is 0 Å². The minimum absolute atomic E-state index is 0. The van der Waals surface area contributed by atoms with Crippen LogP contribution in [0.5, 0.6) is 23.0 Å². The molecule has 0 saturated heterocycles. The average molecular weight is 1110 g/mol. The van der Waals surface area contributed by atoms with E-state index in [2.05, 4.69) is 45.8 Å². The minimum atomic E-state index is -1.37. The third-order valence-corrected chi connectivity index (χ3v) is 19.3. The van der Waals surface area contributed by atoms with Gasteiger partial charge in [0, 0.05) is 62.9 Å². The Bertz CT molecular complexity index is 3020. The zero-order valence-electron chi connectivity index (χ0n) is 48.4. The molecule has 5 aromatic rings. The third kappa shape index (κ3) is 13.5. The van der Waals surface area contributed by atoms with E-state index in [1.807, 2.05) is 29.1 Å². The van der Waals surface area contributed by atoms with Crippen molar-refractivity contribution in [1.29, 1.82) is 0 Å². The first-order chi connectivity index (χ1) is 36.8. The maximum absolute atomic E-state index is 12.0. The third-order valence-electron chi connectivity index (χ3n) is 19.3. The van der Waals surface area contributed by atoms with Crippen LogP contribution in [0.25, 0.3) is 0 Å². The Morgan fingerprint density at radius 3 is 1.66 bits per heavy atom. The monoisotopic (exact) mass is 1110 g/mol. The predicted octanol–water partition coefficient (Wildman–Crippen LogP) is -0.878. The number of phenolic OH excluding ortho intramolecular Hbond substituents is 3. The number of hydrogen-bond donors (Lipinski definition) is 3. The number of carbonyl (C=O) groups excluding carboxylic acids is 3. The van der Waals surface area contributed by atoms with E-state index in [1.165, 1.54) is 75.6 Å². The van der Waals surface area contributed by atoms with E-state index in [0.717, 1.165) is 48.9 Å². The van der Waals surface area contributed by atoms with Gasteiger partial charge < -0.3 is 49.8 Å². The summed E-state index contributed by atoms with van der Waals surface area (Å²) in [4.78, 5) is 35.9. The number of ether oxygens (including phenoxy) is 1. The Balaban J connectivity index is 0.00000308. The maximum Gasteiger partial charge on any atom is 1.00 e. The number of hydrogen-bond acceptors (Lipinski definition) is 12. The fourth-order valence-electron chi connectivity index (χ4n) is 15.6. The molecule has 5 aliphatic rings. The van der Waals surface area contributed by atoms with Gasteiger partial charge in [0.1, 0.15) is 35.3 Å². The summed E-state index contributed by atoms with van der Waals surface area (Å²) in [5, 5.41) is 81.1. The molecule has 0 amide bonds. The SMILES string of the molecule is CC(C)CCC[C@@H](C)[C@H]1CC[C@H]2[C@@H]3CC=C4C[C@H](n5cc(COc6c7cccc6Cc6cc(CC(=O)[O-])cc(c6O)Cc6cc(CC(=O)[O-])cc(c6O)Cc6cc(CC(=O)[O-])cc(c6O)C7)nn5)CC[C@]4(C)[C@H]3CC[C@]12C.[Na+].[Na+].[Na+]. The van der Waals surface area contributed by atoms with Crippen molar-refractivity contribution >= 4 is 17.9 Å². The van der Waals surface area contributed by atoms with Crippen molar-refractivity contribution in [2.75, 3.05) is 0 Å². The first-order valence-corrected chi connectivity index (χ1v) is 28.2. The van der Waals surface area contributed by atoms with Crippen LogP contribution < -0.4 is 109 Å². The van der Waals surface area contributed by atoms with Crippen molar-refractivity contribution in [3.63, 3.8) is 0 Å². The van der Waals surface area contributed by atoms with E-state index in [1.54, 1.807) is 17.7 Å². The summed E-state index contributed by atoms with van der Waals surface area (Å²) < 4.78 is 8.78. The molecule has 408 valence electrons. The second kappa shape index (κ2) is 26.5. The van der Waals surface area contributed by atoms with Crippen LogP contribution in [0, 0.1) is 46.3 Å². The number of para-hydroxylation sites is 1. The quantitative estimate of drug-likeness (QED) is 0.0844. The normalized spacial score (nSPS) is 24.1. The second-order valence-corrected chi connectivity index (χ2v) is 24.7. The topological polar surface area (TPSA) is 221 Å². The molecular formula is C64H74N3Na3O10. The van der Waals surface area contributed by atoms with Crippen molar-refractivity contribution < 1.29 is 138 Å². The van der Waals surface area contributed by atoms with E-state index < -0.39 is 37.2 Å². The van der Waals surface area contributed by atoms with Gasteiger partial charge in [-0.05, 0) is 159 Å². The molecule has 8 atom stereocenters. The van der Waals surface area contributed by atoms with E-state index in [9.17, 15) is 45.0 Å². The molecule has 8 bridgehead atoms. The number of carbonyl (C=O) groups is 3. The van der Waals surface area contributed by atoms with Gasteiger partial charge in [-0.15, -0.1) is 5.10 Å². The van der Waals surface area contributed by atoms with Gasteiger partial charge in [0.2, 0.25) is 0 Å². The van der Waals surface area contributed by atoms with Crippen LogP contribution in [0.4, 0.5) is 0 Å².